The van der Waals surface area contributed by atoms with Crippen molar-refractivity contribution in [3.8, 4) is 0 Å². The molecular formula is C17H23N5O3S. The molecule has 0 radical (unpaired) electrons. The van der Waals surface area contributed by atoms with Crippen molar-refractivity contribution in [1.82, 2.24) is 25.3 Å². The van der Waals surface area contributed by atoms with Crippen LogP contribution in [-0.4, -0.2) is 50.0 Å². The van der Waals surface area contributed by atoms with Gasteiger partial charge in [0, 0.05) is 43.5 Å². The molecule has 2 heterocycles. The van der Waals surface area contributed by atoms with Gasteiger partial charge in [0.05, 0.1) is 4.90 Å². The van der Waals surface area contributed by atoms with Crippen LogP contribution in [0.4, 0.5) is 0 Å². The third-order valence-electron chi connectivity index (χ3n) is 4.24. The van der Waals surface area contributed by atoms with Crippen LogP contribution >= 0.6 is 0 Å². The number of imidazole rings is 1. The number of aromatic amines is 1. The topological polar surface area (TPSA) is 116 Å². The largest absolute Gasteiger partial charge is 0.349 e. The predicted octanol–water partition coefficient (Wildman–Crippen LogP) is 0.413. The lowest BCUT2D eigenvalue weighted by Crippen LogP contribution is -2.36. The third-order valence-corrected chi connectivity index (χ3v) is 5.70. The molecular weight excluding hydrogens is 354 g/mol. The van der Waals surface area contributed by atoms with Crippen LogP contribution in [-0.2, 0) is 16.4 Å². The van der Waals surface area contributed by atoms with E-state index in [0.717, 1.165) is 25.3 Å². The van der Waals surface area contributed by atoms with Gasteiger partial charge in [0.25, 0.3) is 5.91 Å². The van der Waals surface area contributed by atoms with E-state index in [9.17, 15) is 13.2 Å². The van der Waals surface area contributed by atoms with Crippen LogP contribution in [0, 0.1) is 0 Å². The number of aryl methyl sites for hydroxylation is 1. The molecule has 0 aliphatic carbocycles. The molecule has 1 aromatic carbocycles. The Hall–Kier alpha value is -2.23. The first-order valence-electron chi connectivity index (χ1n) is 8.64. The van der Waals surface area contributed by atoms with Gasteiger partial charge in [-0.15, -0.1) is 0 Å². The van der Waals surface area contributed by atoms with Gasteiger partial charge in [-0.3, -0.25) is 4.79 Å². The number of sulfonamides is 1. The maximum Gasteiger partial charge on any atom is 0.251 e. The second-order valence-electron chi connectivity index (χ2n) is 6.23. The van der Waals surface area contributed by atoms with Crippen molar-refractivity contribution in [3.63, 3.8) is 0 Å². The van der Waals surface area contributed by atoms with Crippen LogP contribution in [0.15, 0.2) is 41.6 Å². The minimum atomic E-state index is -3.66. The maximum absolute atomic E-state index is 12.4. The van der Waals surface area contributed by atoms with Gasteiger partial charge in [0.2, 0.25) is 10.0 Å². The number of hydrogen-bond donors (Lipinski definition) is 4. The molecule has 1 saturated heterocycles. The molecule has 1 amide bonds. The van der Waals surface area contributed by atoms with Crippen molar-refractivity contribution in [2.75, 3.05) is 19.6 Å². The number of carbonyl (C=O) groups excluding carboxylic acids is 1. The fourth-order valence-corrected chi connectivity index (χ4v) is 3.95. The molecule has 2 aromatic rings. The zero-order valence-corrected chi connectivity index (χ0v) is 15.2. The summed E-state index contributed by atoms with van der Waals surface area (Å²) in [7, 11) is -3.66. The average molecular weight is 377 g/mol. The minimum Gasteiger partial charge on any atom is -0.349 e. The van der Waals surface area contributed by atoms with E-state index in [4.69, 9.17) is 0 Å². The first-order chi connectivity index (χ1) is 12.5. The number of nitrogens with zero attached hydrogens (tertiary/aromatic N) is 1. The minimum absolute atomic E-state index is 0.0856. The summed E-state index contributed by atoms with van der Waals surface area (Å²) in [6.45, 7) is 1.91. The highest BCUT2D eigenvalue weighted by atomic mass is 32.2. The molecule has 4 N–H and O–H groups in total. The summed E-state index contributed by atoms with van der Waals surface area (Å²) in [4.78, 5) is 19.5. The molecule has 1 fully saturated rings. The lowest BCUT2D eigenvalue weighted by molar-refractivity contribution is 0.0940. The van der Waals surface area contributed by atoms with E-state index < -0.39 is 10.0 Å². The second-order valence-corrected chi connectivity index (χ2v) is 8.00. The van der Waals surface area contributed by atoms with Gasteiger partial charge < -0.3 is 15.6 Å². The van der Waals surface area contributed by atoms with E-state index in [1.54, 1.807) is 24.5 Å². The summed E-state index contributed by atoms with van der Waals surface area (Å²) in [6, 6.07) is 6.19. The van der Waals surface area contributed by atoms with E-state index in [0.29, 0.717) is 24.9 Å². The molecule has 3 rings (SSSR count). The fourth-order valence-electron chi connectivity index (χ4n) is 2.83. The quantitative estimate of drug-likeness (QED) is 0.498. The predicted molar refractivity (Wildman–Crippen MR) is 97.3 cm³/mol. The number of hydrogen-bond acceptors (Lipinski definition) is 5. The van der Waals surface area contributed by atoms with Gasteiger partial charge in [-0.1, -0.05) is 6.07 Å². The normalized spacial score (nSPS) is 17.3. The van der Waals surface area contributed by atoms with Crippen LogP contribution in [0.5, 0.6) is 0 Å². The molecule has 9 heteroatoms. The van der Waals surface area contributed by atoms with E-state index >= 15 is 0 Å². The highest BCUT2D eigenvalue weighted by Gasteiger charge is 2.19. The van der Waals surface area contributed by atoms with Crippen LogP contribution < -0.4 is 15.4 Å². The molecule has 140 valence electrons. The Morgan fingerprint density at radius 2 is 2.23 bits per heavy atom. The van der Waals surface area contributed by atoms with Crippen molar-refractivity contribution in [2.45, 2.75) is 30.2 Å². The molecule has 1 atom stereocenters. The molecule has 1 aromatic heterocycles. The lowest BCUT2D eigenvalue weighted by Gasteiger charge is -2.12. The Morgan fingerprint density at radius 1 is 1.35 bits per heavy atom. The molecule has 0 unspecified atom stereocenters. The summed E-state index contributed by atoms with van der Waals surface area (Å²) in [5, 5.41) is 6.09. The third kappa shape index (κ3) is 4.90. The molecule has 0 spiro atoms. The van der Waals surface area contributed by atoms with Crippen molar-refractivity contribution in [2.24, 2.45) is 0 Å². The van der Waals surface area contributed by atoms with E-state index in [1.807, 2.05) is 0 Å². The number of rotatable bonds is 8. The summed E-state index contributed by atoms with van der Waals surface area (Å²) < 4.78 is 27.4. The van der Waals surface area contributed by atoms with Gasteiger partial charge >= 0.3 is 0 Å². The standard InChI is InChI=1S/C17H23N5O3S/c23-17(22-14-6-8-18-12-14)13-3-1-4-15(11-13)26(24,25)21-7-2-5-16-19-9-10-20-16/h1,3-4,9-11,14,18,21H,2,5-8,12H2,(H,19,20)(H,22,23)/t14-/m1/s1. The monoisotopic (exact) mass is 377 g/mol. The number of H-pyrrole nitrogens is 1. The second kappa shape index (κ2) is 8.43. The Morgan fingerprint density at radius 3 is 2.96 bits per heavy atom. The SMILES string of the molecule is O=C(N[C@@H]1CCNC1)c1cccc(S(=O)(=O)NCCCc2ncc[nH]2)c1. The molecule has 0 bridgehead atoms. The van der Waals surface area contributed by atoms with E-state index in [-0.39, 0.29) is 16.8 Å². The van der Waals surface area contributed by atoms with Gasteiger partial charge in [-0.05, 0) is 37.6 Å². The average Bonchev–Trinajstić information content (AvgIpc) is 3.33. The molecule has 1 aliphatic heterocycles. The van der Waals surface area contributed by atoms with E-state index in [2.05, 4.69) is 25.3 Å². The van der Waals surface area contributed by atoms with Gasteiger partial charge in [-0.2, -0.15) is 0 Å². The van der Waals surface area contributed by atoms with Crippen LogP contribution in [0.3, 0.4) is 0 Å². The van der Waals surface area contributed by atoms with Crippen molar-refractivity contribution < 1.29 is 13.2 Å². The van der Waals surface area contributed by atoms with Gasteiger partial charge in [0.15, 0.2) is 0 Å². The molecule has 0 saturated carbocycles. The number of benzene rings is 1. The Bertz CT molecular complexity index is 830. The summed E-state index contributed by atoms with van der Waals surface area (Å²) in [5.41, 5.74) is 0.343. The molecule has 1 aliphatic rings. The Labute approximate surface area is 152 Å². The number of nitrogens with one attached hydrogen (secondary N) is 4. The zero-order chi connectivity index (χ0) is 18.4. The number of aromatic nitrogens is 2. The first-order valence-corrected chi connectivity index (χ1v) is 10.1. The maximum atomic E-state index is 12.4. The van der Waals surface area contributed by atoms with Gasteiger partial charge in [-0.25, -0.2) is 18.1 Å². The number of amides is 1. The van der Waals surface area contributed by atoms with Gasteiger partial charge in [0.1, 0.15) is 5.82 Å². The first kappa shape index (κ1) is 18.6. The Balaban J connectivity index is 1.57. The Kier molecular flexibility index (Phi) is 6.02. The van der Waals surface area contributed by atoms with Crippen LogP contribution in [0.1, 0.15) is 29.0 Å². The summed E-state index contributed by atoms with van der Waals surface area (Å²) in [5.74, 6) is 0.567. The fraction of sp³-hybridized carbons (Fsp3) is 0.412. The zero-order valence-electron chi connectivity index (χ0n) is 14.4. The summed E-state index contributed by atoms with van der Waals surface area (Å²) >= 11 is 0. The molecule has 8 nitrogen and oxygen atoms in total. The van der Waals surface area contributed by atoms with Crippen molar-refractivity contribution >= 4 is 15.9 Å². The van der Waals surface area contributed by atoms with Crippen molar-refractivity contribution in [3.05, 3.63) is 48.0 Å². The lowest BCUT2D eigenvalue weighted by atomic mass is 10.2. The van der Waals surface area contributed by atoms with Crippen LogP contribution in [0.25, 0.3) is 0 Å². The smallest absolute Gasteiger partial charge is 0.251 e. The van der Waals surface area contributed by atoms with Crippen molar-refractivity contribution in [1.29, 1.82) is 0 Å². The van der Waals surface area contributed by atoms with E-state index in [1.165, 1.54) is 12.1 Å². The highest BCUT2D eigenvalue weighted by Crippen LogP contribution is 2.12. The summed E-state index contributed by atoms with van der Waals surface area (Å²) in [6.07, 6.45) is 5.56. The molecule has 26 heavy (non-hydrogen) atoms. The highest BCUT2D eigenvalue weighted by molar-refractivity contribution is 7.89. The number of carbonyl (C=O) groups is 1. The van der Waals surface area contributed by atoms with Crippen LogP contribution in [0.2, 0.25) is 0 Å².